The van der Waals surface area contributed by atoms with E-state index in [0.29, 0.717) is 25.6 Å². The van der Waals surface area contributed by atoms with Crippen molar-refractivity contribution in [2.45, 2.75) is 13.0 Å². The molecule has 0 radical (unpaired) electrons. The third-order valence-electron chi connectivity index (χ3n) is 3.25. The molecule has 2 aromatic rings. The van der Waals surface area contributed by atoms with Gasteiger partial charge in [-0.25, -0.2) is 4.79 Å². The van der Waals surface area contributed by atoms with Crippen LogP contribution in [-0.4, -0.2) is 31.4 Å². The van der Waals surface area contributed by atoms with Gasteiger partial charge < -0.3 is 19.3 Å². The van der Waals surface area contributed by atoms with Crippen LogP contribution in [0, 0.1) is 0 Å². The van der Waals surface area contributed by atoms with Crippen molar-refractivity contribution >= 4 is 5.97 Å². The predicted molar refractivity (Wildman–Crippen MR) is 86.2 cm³/mol. The molecule has 0 aromatic heterocycles. The molecule has 5 nitrogen and oxygen atoms in total. The van der Waals surface area contributed by atoms with Crippen LogP contribution in [0.4, 0.5) is 0 Å². The lowest BCUT2D eigenvalue weighted by Crippen LogP contribution is -2.04. The molecule has 0 bridgehead atoms. The highest BCUT2D eigenvalue weighted by atomic mass is 16.5. The summed E-state index contributed by atoms with van der Waals surface area (Å²) in [7, 11) is 1.64. The van der Waals surface area contributed by atoms with E-state index in [1.165, 1.54) is 12.1 Å². The van der Waals surface area contributed by atoms with Crippen molar-refractivity contribution in [1.29, 1.82) is 0 Å². The molecule has 122 valence electrons. The van der Waals surface area contributed by atoms with Crippen LogP contribution < -0.4 is 9.47 Å². The van der Waals surface area contributed by atoms with Crippen molar-refractivity contribution in [2.24, 2.45) is 0 Å². The second-order valence-electron chi connectivity index (χ2n) is 4.90. The van der Waals surface area contributed by atoms with Crippen LogP contribution in [0.5, 0.6) is 11.5 Å². The Hall–Kier alpha value is -2.53. The lowest BCUT2D eigenvalue weighted by molar-refractivity contribution is 0.0697. The van der Waals surface area contributed by atoms with Crippen molar-refractivity contribution in [3.8, 4) is 11.5 Å². The van der Waals surface area contributed by atoms with E-state index in [1.54, 1.807) is 19.2 Å². The Morgan fingerprint density at radius 3 is 2.48 bits per heavy atom. The van der Waals surface area contributed by atoms with Crippen LogP contribution in [0.1, 0.15) is 22.3 Å². The van der Waals surface area contributed by atoms with Gasteiger partial charge in [0.2, 0.25) is 0 Å². The number of aromatic carboxylic acids is 1. The monoisotopic (exact) mass is 316 g/mol. The number of hydrogen-bond acceptors (Lipinski definition) is 4. The second-order valence-corrected chi connectivity index (χ2v) is 4.90. The molecule has 0 spiro atoms. The number of carboxylic acid groups (broad SMARTS) is 1. The fourth-order valence-corrected chi connectivity index (χ4v) is 2.05. The first-order valence-corrected chi connectivity index (χ1v) is 7.36. The molecule has 0 aliphatic rings. The van der Waals surface area contributed by atoms with Crippen LogP contribution in [-0.2, 0) is 11.3 Å². The van der Waals surface area contributed by atoms with Gasteiger partial charge in [0.1, 0.15) is 11.5 Å². The summed E-state index contributed by atoms with van der Waals surface area (Å²) in [5, 5.41) is 8.81. The quantitative estimate of drug-likeness (QED) is 0.718. The number of carboxylic acids is 1. The van der Waals surface area contributed by atoms with E-state index in [0.717, 1.165) is 17.7 Å². The van der Waals surface area contributed by atoms with Gasteiger partial charge in [0, 0.05) is 12.0 Å². The van der Waals surface area contributed by atoms with Crippen LogP contribution in [0.25, 0.3) is 0 Å². The zero-order valence-corrected chi connectivity index (χ0v) is 13.0. The minimum absolute atomic E-state index is 0.248. The standard InChI is InChI=1S/C18H20O5/c1-21-17-6-3-2-5-15(17)13-22-11-4-12-23-16-9-7-14(8-10-16)18(19)20/h2-3,5-10H,4,11-13H2,1H3,(H,19,20). The van der Waals surface area contributed by atoms with Gasteiger partial charge >= 0.3 is 5.97 Å². The summed E-state index contributed by atoms with van der Waals surface area (Å²) >= 11 is 0. The normalized spacial score (nSPS) is 10.3. The molecule has 2 aromatic carbocycles. The maximum atomic E-state index is 10.7. The SMILES string of the molecule is COc1ccccc1COCCCOc1ccc(C(=O)O)cc1. The minimum atomic E-state index is -0.943. The Balaban J connectivity index is 1.65. The number of benzene rings is 2. The fourth-order valence-electron chi connectivity index (χ4n) is 2.05. The molecule has 0 amide bonds. The van der Waals surface area contributed by atoms with Crippen LogP contribution >= 0.6 is 0 Å². The highest BCUT2D eigenvalue weighted by Gasteiger charge is 2.03. The first kappa shape index (κ1) is 16.8. The molecule has 0 fully saturated rings. The Labute approximate surface area is 135 Å². The number of ether oxygens (including phenoxy) is 3. The molecule has 1 N–H and O–H groups in total. The summed E-state index contributed by atoms with van der Waals surface area (Å²) in [6.45, 7) is 1.58. The first-order chi connectivity index (χ1) is 11.2. The van der Waals surface area contributed by atoms with Crippen molar-refractivity contribution in [2.75, 3.05) is 20.3 Å². The van der Waals surface area contributed by atoms with Crippen LogP contribution in [0.2, 0.25) is 0 Å². The molecular formula is C18H20O5. The lowest BCUT2D eigenvalue weighted by Gasteiger charge is -2.09. The van der Waals surface area contributed by atoms with Gasteiger partial charge in [0.25, 0.3) is 0 Å². The summed E-state index contributed by atoms with van der Waals surface area (Å²) in [4.78, 5) is 10.7. The van der Waals surface area contributed by atoms with Crippen molar-refractivity contribution in [1.82, 2.24) is 0 Å². The molecule has 0 atom stereocenters. The molecule has 0 heterocycles. The molecule has 0 saturated heterocycles. The predicted octanol–water partition coefficient (Wildman–Crippen LogP) is 3.38. The highest BCUT2D eigenvalue weighted by molar-refractivity contribution is 5.87. The maximum Gasteiger partial charge on any atom is 0.335 e. The molecular weight excluding hydrogens is 296 g/mol. The van der Waals surface area contributed by atoms with Gasteiger partial charge in [-0.1, -0.05) is 18.2 Å². The average Bonchev–Trinajstić information content (AvgIpc) is 2.58. The zero-order chi connectivity index (χ0) is 16.5. The van der Waals surface area contributed by atoms with E-state index in [2.05, 4.69) is 0 Å². The summed E-state index contributed by atoms with van der Waals surface area (Å²) in [5.41, 5.74) is 1.26. The number of para-hydroxylation sites is 1. The number of rotatable bonds is 9. The smallest absolute Gasteiger partial charge is 0.335 e. The zero-order valence-electron chi connectivity index (χ0n) is 13.0. The molecule has 0 aliphatic carbocycles. The molecule has 0 aliphatic heterocycles. The van der Waals surface area contributed by atoms with Crippen molar-refractivity contribution in [3.05, 3.63) is 59.7 Å². The largest absolute Gasteiger partial charge is 0.496 e. The number of methoxy groups -OCH3 is 1. The first-order valence-electron chi connectivity index (χ1n) is 7.36. The Morgan fingerprint density at radius 1 is 1.04 bits per heavy atom. The fraction of sp³-hybridized carbons (Fsp3) is 0.278. The van der Waals surface area contributed by atoms with Crippen molar-refractivity contribution in [3.63, 3.8) is 0 Å². The summed E-state index contributed by atoms with van der Waals surface area (Å²) < 4.78 is 16.4. The maximum absolute atomic E-state index is 10.7. The topological polar surface area (TPSA) is 65.0 Å². The molecule has 0 saturated carbocycles. The molecule has 2 rings (SSSR count). The number of hydrogen-bond donors (Lipinski definition) is 1. The Bertz CT molecular complexity index is 622. The van der Waals surface area contributed by atoms with Gasteiger partial charge in [0.05, 0.1) is 32.5 Å². The van der Waals surface area contributed by atoms with E-state index in [9.17, 15) is 4.79 Å². The summed E-state index contributed by atoms with van der Waals surface area (Å²) in [5.74, 6) is 0.531. The van der Waals surface area contributed by atoms with Gasteiger partial charge in [-0.3, -0.25) is 0 Å². The third-order valence-corrected chi connectivity index (χ3v) is 3.25. The summed E-state index contributed by atoms with van der Waals surface area (Å²) in [6, 6.07) is 14.1. The molecule has 5 heteroatoms. The van der Waals surface area contributed by atoms with E-state index in [4.69, 9.17) is 19.3 Å². The van der Waals surface area contributed by atoms with Crippen molar-refractivity contribution < 1.29 is 24.1 Å². The third kappa shape index (κ3) is 5.30. The van der Waals surface area contributed by atoms with Gasteiger partial charge in [-0.05, 0) is 30.3 Å². The lowest BCUT2D eigenvalue weighted by atomic mass is 10.2. The van der Waals surface area contributed by atoms with Gasteiger partial charge in [-0.2, -0.15) is 0 Å². The second kappa shape index (κ2) is 8.80. The van der Waals surface area contributed by atoms with Crippen LogP contribution in [0.3, 0.4) is 0 Å². The Kier molecular flexibility index (Phi) is 6.44. The number of carbonyl (C=O) groups is 1. The van der Waals surface area contributed by atoms with E-state index in [1.807, 2.05) is 24.3 Å². The molecule has 23 heavy (non-hydrogen) atoms. The van der Waals surface area contributed by atoms with Gasteiger partial charge in [0.15, 0.2) is 0 Å². The van der Waals surface area contributed by atoms with Gasteiger partial charge in [-0.15, -0.1) is 0 Å². The average molecular weight is 316 g/mol. The highest BCUT2D eigenvalue weighted by Crippen LogP contribution is 2.18. The van der Waals surface area contributed by atoms with Crippen LogP contribution in [0.15, 0.2) is 48.5 Å². The minimum Gasteiger partial charge on any atom is -0.496 e. The van der Waals surface area contributed by atoms with E-state index in [-0.39, 0.29) is 5.56 Å². The molecule has 0 unspecified atom stereocenters. The van der Waals surface area contributed by atoms with E-state index >= 15 is 0 Å². The summed E-state index contributed by atoms with van der Waals surface area (Å²) in [6.07, 6.45) is 0.746. The van der Waals surface area contributed by atoms with E-state index < -0.39 is 5.97 Å². The Morgan fingerprint density at radius 2 is 1.78 bits per heavy atom.